The number of fused-ring (bicyclic) bond motifs is 1. The maximum Gasteiger partial charge on any atom is 0.304 e. The lowest BCUT2D eigenvalue weighted by molar-refractivity contribution is -0.136. The van der Waals surface area contributed by atoms with Crippen molar-refractivity contribution in [2.45, 2.75) is 75.1 Å². The summed E-state index contributed by atoms with van der Waals surface area (Å²) in [7, 11) is -3.05. The minimum atomic E-state index is -3.05. The van der Waals surface area contributed by atoms with E-state index in [4.69, 9.17) is 5.11 Å². The minimum absolute atomic E-state index is 0.0495. The standard InChI is InChI=1S/C28H42N2O4S2/c1-4-6-14-28(15-7-5-2)20-30(23-11-9-8-10-12-23)24-18-25(35-3)22(19-29-16-13-27(31)32)17-26(24)36(33,34)21-28/h8-12,17-18,29,33-34H,4-7,13-16,19-21H2,1-3H3,(H,31,32). The van der Waals surface area contributed by atoms with Crippen molar-refractivity contribution >= 4 is 39.7 Å². The molecule has 0 saturated heterocycles. The van der Waals surface area contributed by atoms with Crippen molar-refractivity contribution in [3.05, 3.63) is 48.0 Å². The maximum atomic E-state index is 11.7. The van der Waals surface area contributed by atoms with Gasteiger partial charge in [0.1, 0.15) is 0 Å². The molecule has 0 unspecified atom stereocenters. The summed E-state index contributed by atoms with van der Waals surface area (Å²) >= 11 is 1.63. The van der Waals surface area contributed by atoms with Gasteiger partial charge < -0.3 is 15.3 Å². The van der Waals surface area contributed by atoms with Gasteiger partial charge in [-0.2, -0.15) is 10.6 Å². The average Bonchev–Trinajstić information content (AvgIpc) is 2.96. The van der Waals surface area contributed by atoms with Crippen molar-refractivity contribution in [3.8, 4) is 0 Å². The normalized spacial score (nSPS) is 17.3. The Morgan fingerprint density at radius 3 is 2.36 bits per heavy atom. The van der Waals surface area contributed by atoms with Crippen molar-refractivity contribution < 1.29 is 19.0 Å². The van der Waals surface area contributed by atoms with Crippen LogP contribution >= 0.6 is 22.4 Å². The number of benzene rings is 2. The molecule has 0 fully saturated rings. The molecule has 3 rings (SSSR count). The number of carboxylic acids is 1. The first kappa shape index (κ1) is 28.9. The van der Waals surface area contributed by atoms with E-state index in [-0.39, 0.29) is 11.8 Å². The second kappa shape index (κ2) is 13.2. The van der Waals surface area contributed by atoms with Crippen molar-refractivity contribution in [2.24, 2.45) is 5.41 Å². The Hall–Kier alpha value is -1.71. The summed E-state index contributed by atoms with van der Waals surface area (Å²) in [5.41, 5.74) is 2.70. The molecule has 0 radical (unpaired) electrons. The second-order valence-electron chi connectivity index (χ2n) is 9.89. The molecule has 0 atom stereocenters. The molecule has 1 heterocycles. The van der Waals surface area contributed by atoms with E-state index in [9.17, 15) is 13.9 Å². The molecule has 1 aliphatic heterocycles. The van der Waals surface area contributed by atoms with Crippen LogP contribution in [0.3, 0.4) is 0 Å². The number of rotatable bonds is 13. The van der Waals surface area contributed by atoms with Crippen LogP contribution in [0.15, 0.2) is 52.3 Å². The van der Waals surface area contributed by atoms with Crippen molar-refractivity contribution in [1.29, 1.82) is 0 Å². The Morgan fingerprint density at radius 1 is 1.11 bits per heavy atom. The third kappa shape index (κ3) is 7.19. The fraction of sp³-hybridized carbons (Fsp3) is 0.536. The average molecular weight is 535 g/mol. The van der Waals surface area contributed by atoms with Gasteiger partial charge in [0.05, 0.1) is 17.0 Å². The fourth-order valence-corrected chi connectivity index (χ4v) is 8.00. The van der Waals surface area contributed by atoms with Crippen LogP contribution in [0.4, 0.5) is 11.4 Å². The van der Waals surface area contributed by atoms with E-state index in [2.05, 4.69) is 42.3 Å². The van der Waals surface area contributed by atoms with Crippen LogP contribution in [0.1, 0.15) is 64.4 Å². The number of nitrogens with one attached hydrogen (secondary N) is 1. The third-order valence-electron chi connectivity index (χ3n) is 7.03. The van der Waals surface area contributed by atoms with Gasteiger partial charge >= 0.3 is 5.97 Å². The first-order valence-corrected chi connectivity index (χ1v) is 15.9. The summed E-state index contributed by atoms with van der Waals surface area (Å²) in [5, 5.41) is 12.2. The number of carboxylic acid groups (broad SMARTS) is 1. The summed E-state index contributed by atoms with van der Waals surface area (Å²) in [5.74, 6) is -0.460. The van der Waals surface area contributed by atoms with E-state index in [0.717, 1.165) is 66.9 Å². The van der Waals surface area contributed by atoms with Crippen molar-refractivity contribution in [1.82, 2.24) is 5.32 Å². The van der Waals surface area contributed by atoms with E-state index >= 15 is 0 Å². The van der Waals surface area contributed by atoms with Gasteiger partial charge in [-0.1, -0.05) is 57.7 Å². The van der Waals surface area contributed by atoms with Crippen LogP contribution in [0.2, 0.25) is 0 Å². The monoisotopic (exact) mass is 534 g/mol. The lowest BCUT2D eigenvalue weighted by Crippen LogP contribution is -2.37. The first-order chi connectivity index (χ1) is 17.2. The third-order valence-corrected chi connectivity index (χ3v) is 9.89. The van der Waals surface area contributed by atoms with E-state index < -0.39 is 16.6 Å². The summed E-state index contributed by atoms with van der Waals surface area (Å²) in [6.45, 7) is 5.99. The van der Waals surface area contributed by atoms with Gasteiger partial charge in [-0.25, -0.2) is 0 Å². The summed E-state index contributed by atoms with van der Waals surface area (Å²) in [6.07, 6.45) is 8.29. The molecule has 6 nitrogen and oxygen atoms in total. The largest absolute Gasteiger partial charge is 0.481 e. The Bertz CT molecular complexity index is 993. The van der Waals surface area contributed by atoms with Gasteiger partial charge in [-0.3, -0.25) is 13.9 Å². The molecule has 0 bridgehead atoms. The quantitative estimate of drug-likeness (QED) is 0.155. The van der Waals surface area contributed by atoms with E-state index in [1.807, 2.05) is 30.5 Å². The van der Waals surface area contributed by atoms with Crippen molar-refractivity contribution in [2.75, 3.05) is 30.0 Å². The molecule has 4 N–H and O–H groups in total. The highest BCUT2D eigenvalue weighted by Gasteiger charge is 2.42. The molecule has 0 aliphatic carbocycles. The predicted molar refractivity (Wildman–Crippen MR) is 153 cm³/mol. The number of para-hydroxylation sites is 1. The molecule has 0 spiro atoms. The number of hydrogen-bond acceptors (Lipinski definition) is 6. The maximum absolute atomic E-state index is 11.7. The number of anilines is 2. The number of hydrogen-bond donors (Lipinski definition) is 4. The van der Waals surface area contributed by atoms with Gasteiger partial charge in [0.2, 0.25) is 0 Å². The zero-order valence-corrected chi connectivity index (χ0v) is 23.5. The number of carbonyl (C=O) groups is 1. The topological polar surface area (TPSA) is 93.0 Å². The van der Waals surface area contributed by atoms with Gasteiger partial charge in [-0.05, 0) is 48.9 Å². The van der Waals surface area contributed by atoms with Crippen LogP contribution in [0.25, 0.3) is 0 Å². The summed E-state index contributed by atoms with van der Waals surface area (Å²) in [6, 6.07) is 14.3. The Labute approximate surface area is 222 Å². The lowest BCUT2D eigenvalue weighted by Gasteiger charge is -2.42. The Kier molecular flexibility index (Phi) is 10.6. The van der Waals surface area contributed by atoms with Crippen LogP contribution in [-0.2, 0) is 11.3 Å². The van der Waals surface area contributed by atoms with E-state index in [0.29, 0.717) is 23.7 Å². The smallest absolute Gasteiger partial charge is 0.304 e. The Balaban J connectivity index is 2.12. The van der Waals surface area contributed by atoms with E-state index in [1.54, 1.807) is 11.8 Å². The molecule has 0 aromatic heterocycles. The second-order valence-corrected chi connectivity index (χ2v) is 12.8. The molecular weight excluding hydrogens is 492 g/mol. The summed E-state index contributed by atoms with van der Waals surface area (Å²) in [4.78, 5) is 14.9. The molecule has 1 aliphatic rings. The van der Waals surface area contributed by atoms with Crippen LogP contribution < -0.4 is 10.2 Å². The van der Waals surface area contributed by atoms with Gasteiger partial charge in [0.25, 0.3) is 0 Å². The minimum Gasteiger partial charge on any atom is -0.481 e. The fourth-order valence-electron chi connectivity index (χ4n) is 5.15. The zero-order chi connectivity index (χ0) is 26.2. The first-order valence-electron chi connectivity index (χ1n) is 13.0. The molecule has 36 heavy (non-hydrogen) atoms. The number of unbranched alkanes of at least 4 members (excludes halogenated alkanes) is 2. The van der Waals surface area contributed by atoms with Gasteiger partial charge in [-0.15, -0.1) is 11.8 Å². The molecule has 2 aromatic carbocycles. The molecule has 0 amide bonds. The number of aliphatic carboxylic acids is 1. The highest BCUT2D eigenvalue weighted by atomic mass is 32.3. The number of nitrogens with zero attached hydrogens (tertiary/aromatic N) is 1. The predicted octanol–water partition coefficient (Wildman–Crippen LogP) is 7.60. The van der Waals surface area contributed by atoms with Crippen molar-refractivity contribution in [3.63, 3.8) is 0 Å². The van der Waals surface area contributed by atoms with Crippen LogP contribution in [0, 0.1) is 5.41 Å². The molecule has 200 valence electrons. The lowest BCUT2D eigenvalue weighted by atomic mass is 9.79. The highest BCUT2D eigenvalue weighted by Crippen LogP contribution is 2.61. The molecule has 2 aromatic rings. The number of thioether (sulfide) groups is 1. The van der Waals surface area contributed by atoms with Gasteiger partial charge in [0.15, 0.2) is 0 Å². The van der Waals surface area contributed by atoms with E-state index in [1.165, 1.54) is 0 Å². The highest BCUT2D eigenvalue weighted by molar-refractivity contribution is 8.24. The SMILES string of the molecule is CCCCC1(CCCC)CN(c2ccccc2)c2cc(SC)c(CNCCC(=O)O)cc2S(O)(O)C1. The summed E-state index contributed by atoms with van der Waals surface area (Å²) < 4.78 is 23.5. The molecular formula is C28H42N2O4S2. The Morgan fingerprint density at radius 2 is 1.78 bits per heavy atom. The van der Waals surface area contributed by atoms with Gasteiger partial charge in [0, 0.05) is 41.4 Å². The van der Waals surface area contributed by atoms with Crippen LogP contribution in [0.5, 0.6) is 0 Å². The molecule has 0 saturated carbocycles. The molecule has 8 heteroatoms. The van der Waals surface area contributed by atoms with Crippen LogP contribution in [-0.4, -0.2) is 45.3 Å². The zero-order valence-electron chi connectivity index (χ0n) is 21.8.